The second-order valence-electron chi connectivity index (χ2n) is 6.55. The smallest absolute Gasteiger partial charge is 0.0455 e. The van der Waals surface area contributed by atoms with Crippen molar-refractivity contribution in [1.29, 1.82) is 0 Å². The average Bonchev–Trinajstić information content (AvgIpc) is 2.50. The molecule has 1 aromatic rings. The highest BCUT2D eigenvalue weighted by Gasteiger charge is 2.30. The molecule has 2 rings (SSSR count). The Labute approximate surface area is 130 Å². The highest BCUT2D eigenvalue weighted by atomic mass is 15.3. The summed E-state index contributed by atoms with van der Waals surface area (Å²) in [4.78, 5) is 5.18. The number of piperazine rings is 1. The average molecular weight is 289 g/mol. The second kappa shape index (κ2) is 7.92. The maximum atomic E-state index is 6.61. The Balaban J connectivity index is 2.03. The number of benzene rings is 1. The number of nitrogens with zero attached hydrogens (tertiary/aromatic N) is 2. The van der Waals surface area contributed by atoms with E-state index in [-0.39, 0.29) is 6.04 Å². The first-order valence-electron chi connectivity index (χ1n) is 8.40. The molecule has 0 spiro atoms. The van der Waals surface area contributed by atoms with E-state index in [0.29, 0.717) is 12.0 Å². The van der Waals surface area contributed by atoms with Crippen molar-refractivity contribution in [2.24, 2.45) is 11.7 Å². The fourth-order valence-electron chi connectivity index (χ4n) is 3.54. The molecule has 2 N–H and O–H groups in total. The summed E-state index contributed by atoms with van der Waals surface area (Å²) in [5.74, 6) is 0.568. The lowest BCUT2D eigenvalue weighted by Crippen LogP contribution is -2.54. The van der Waals surface area contributed by atoms with Crippen LogP contribution in [-0.4, -0.2) is 48.6 Å². The van der Waals surface area contributed by atoms with E-state index < -0.39 is 0 Å². The lowest BCUT2D eigenvalue weighted by atomic mass is 9.90. The summed E-state index contributed by atoms with van der Waals surface area (Å²) < 4.78 is 0. The Bertz CT molecular complexity index is 396. The van der Waals surface area contributed by atoms with E-state index in [0.717, 1.165) is 13.1 Å². The summed E-state index contributed by atoms with van der Waals surface area (Å²) in [6.07, 6.45) is 1.25. The quantitative estimate of drug-likeness (QED) is 0.874. The third kappa shape index (κ3) is 4.29. The van der Waals surface area contributed by atoms with Crippen molar-refractivity contribution < 1.29 is 0 Å². The van der Waals surface area contributed by atoms with E-state index >= 15 is 0 Å². The van der Waals surface area contributed by atoms with Gasteiger partial charge in [-0.15, -0.1) is 0 Å². The Morgan fingerprint density at radius 3 is 2.19 bits per heavy atom. The predicted octanol–water partition coefficient (Wildman–Crippen LogP) is 2.74. The molecule has 2 unspecified atom stereocenters. The molecule has 2 atom stereocenters. The van der Waals surface area contributed by atoms with Crippen molar-refractivity contribution in [3.8, 4) is 0 Å². The molecule has 1 aliphatic heterocycles. The Kier molecular flexibility index (Phi) is 6.22. The van der Waals surface area contributed by atoms with Crippen molar-refractivity contribution in [2.45, 2.75) is 39.3 Å². The highest BCUT2D eigenvalue weighted by Crippen LogP contribution is 2.25. The molecule has 1 saturated heterocycles. The summed E-state index contributed by atoms with van der Waals surface area (Å²) in [6.45, 7) is 12.7. The van der Waals surface area contributed by atoms with Crippen LogP contribution >= 0.6 is 0 Å². The monoisotopic (exact) mass is 289 g/mol. The predicted molar refractivity (Wildman–Crippen MR) is 90.3 cm³/mol. The number of hydrogen-bond donors (Lipinski definition) is 1. The SMILES string of the molecule is CCCN1CCN(C(C(C)C)C(N)c2ccccc2)CC1. The first-order valence-corrected chi connectivity index (χ1v) is 8.40. The van der Waals surface area contributed by atoms with Gasteiger partial charge >= 0.3 is 0 Å². The third-order valence-corrected chi connectivity index (χ3v) is 4.60. The minimum absolute atomic E-state index is 0.101. The summed E-state index contributed by atoms with van der Waals surface area (Å²) in [6, 6.07) is 11.1. The van der Waals surface area contributed by atoms with E-state index in [1.165, 1.54) is 31.6 Å². The van der Waals surface area contributed by atoms with Gasteiger partial charge in [0.1, 0.15) is 0 Å². The van der Waals surface area contributed by atoms with Crippen molar-refractivity contribution in [1.82, 2.24) is 9.80 Å². The first-order chi connectivity index (χ1) is 10.1. The van der Waals surface area contributed by atoms with E-state index in [1.807, 2.05) is 0 Å². The summed E-state index contributed by atoms with van der Waals surface area (Å²) in [7, 11) is 0. The largest absolute Gasteiger partial charge is 0.323 e. The molecule has 1 fully saturated rings. The van der Waals surface area contributed by atoms with Gasteiger partial charge in [-0.25, -0.2) is 0 Å². The molecule has 1 aromatic carbocycles. The van der Waals surface area contributed by atoms with Crippen molar-refractivity contribution in [3.05, 3.63) is 35.9 Å². The Morgan fingerprint density at radius 2 is 1.67 bits per heavy atom. The van der Waals surface area contributed by atoms with Crippen LogP contribution < -0.4 is 5.73 Å². The molecule has 0 radical (unpaired) electrons. The maximum Gasteiger partial charge on any atom is 0.0455 e. The maximum absolute atomic E-state index is 6.61. The molecule has 3 heteroatoms. The van der Waals surface area contributed by atoms with Gasteiger partial charge in [0.2, 0.25) is 0 Å². The lowest BCUT2D eigenvalue weighted by molar-refractivity contribution is 0.0635. The van der Waals surface area contributed by atoms with Crippen LogP contribution in [0.4, 0.5) is 0 Å². The first kappa shape index (κ1) is 16.5. The fourth-order valence-corrected chi connectivity index (χ4v) is 3.54. The molecule has 0 aliphatic carbocycles. The van der Waals surface area contributed by atoms with E-state index in [9.17, 15) is 0 Å². The molecular weight excluding hydrogens is 258 g/mol. The minimum atomic E-state index is 0.101. The van der Waals surface area contributed by atoms with Gasteiger partial charge in [0.15, 0.2) is 0 Å². The lowest BCUT2D eigenvalue weighted by Gasteiger charge is -2.43. The van der Waals surface area contributed by atoms with Gasteiger partial charge in [-0.2, -0.15) is 0 Å². The molecule has 0 saturated carbocycles. The van der Waals surface area contributed by atoms with Crippen LogP contribution in [0.25, 0.3) is 0 Å². The van der Waals surface area contributed by atoms with Gasteiger partial charge < -0.3 is 10.6 Å². The zero-order valence-corrected chi connectivity index (χ0v) is 13.8. The van der Waals surface area contributed by atoms with Crippen LogP contribution in [0.3, 0.4) is 0 Å². The van der Waals surface area contributed by atoms with Gasteiger partial charge in [-0.3, -0.25) is 4.90 Å². The van der Waals surface area contributed by atoms with Crippen LogP contribution in [0.5, 0.6) is 0 Å². The third-order valence-electron chi connectivity index (χ3n) is 4.60. The van der Waals surface area contributed by atoms with Crippen molar-refractivity contribution >= 4 is 0 Å². The number of rotatable bonds is 6. The van der Waals surface area contributed by atoms with Gasteiger partial charge in [-0.1, -0.05) is 51.1 Å². The Morgan fingerprint density at radius 1 is 1.05 bits per heavy atom. The van der Waals surface area contributed by atoms with Crippen molar-refractivity contribution in [2.75, 3.05) is 32.7 Å². The van der Waals surface area contributed by atoms with Gasteiger partial charge in [0, 0.05) is 38.3 Å². The van der Waals surface area contributed by atoms with Gasteiger partial charge in [-0.05, 0) is 24.4 Å². The van der Waals surface area contributed by atoms with Gasteiger partial charge in [0.05, 0.1) is 0 Å². The minimum Gasteiger partial charge on any atom is -0.323 e. The molecular formula is C18H31N3. The molecule has 0 bridgehead atoms. The Hall–Kier alpha value is -0.900. The molecule has 1 heterocycles. The summed E-state index contributed by atoms with van der Waals surface area (Å²) >= 11 is 0. The molecule has 118 valence electrons. The molecule has 3 nitrogen and oxygen atoms in total. The highest BCUT2D eigenvalue weighted by molar-refractivity contribution is 5.20. The van der Waals surface area contributed by atoms with Crippen LogP contribution in [-0.2, 0) is 0 Å². The number of nitrogens with two attached hydrogens (primary N) is 1. The van der Waals surface area contributed by atoms with Crippen molar-refractivity contribution in [3.63, 3.8) is 0 Å². The summed E-state index contributed by atoms with van der Waals surface area (Å²) in [5, 5.41) is 0. The fraction of sp³-hybridized carbons (Fsp3) is 0.667. The van der Waals surface area contributed by atoms with Crippen LogP contribution in [0.1, 0.15) is 38.8 Å². The van der Waals surface area contributed by atoms with Crippen LogP contribution in [0.15, 0.2) is 30.3 Å². The molecule has 1 aliphatic rings. The zero-order valence-electron chi connectivity index (χ0n) is 13.8. The topological polar surface area (TPSA) is 32.5 Å². The zero-order chi connectivity index (χ0) is 15.2. The van der Waals surface area contributed by atoms with E-state index in [4.69, 9.17) is 5.73 Å². The van der Waals surface area contributed by atoms with E-state index in [1.54, 1.807) is 0 Å². The normalized spacial score (nSPS) is 20.6. The van der Waals surface area contributed by atoms with Gasteiger partial charge in [0.25, 0.3) is 0 Å². The standard InChI is InChI=1S/C18H31N3/c1-4-10-20-11-13-21(14-12-20)18(15(2)3)17(19)16-8-6-5-7-9-16/h5-9,15,17-18H,4,10-14,19H2,1-3H3. The second-order valence-corrected chi connectivity index (χ2v) is 6.55. The molecule has 0 aromatic heterocycles. The van der Waals surface area contributed by atoms with Crippen LogP contribution in [0, 0.1) is 5.92 Å². The van der Waals surface area contributed by atoms with E-state index in [2.05, 4.69) is 60.9 Å². The summed E-state index contributed by atoms with van der Waals surface area (Å²) in [5.41, 5.74) is 7.87. The van der Waals surface area contributed by atoms with Crippen LogP contribution in [0.2, 0.25) is 0 Å². The molecule has 0 amide bonds. The molecule has 21 heavy (non-hydrogen) atoms. The number of hydrogen-bond acceptors (Lipinski definition) is 3.